The molecule has 0 atom stereocenters. The molecule has 1 aliphatic heterocycles. The van der Waals surface area contributed by atoms with Gasteiger partial charge in [0, 0.05) is 56.3 Å². The molecule has 3 rings (SSSR count). The van der Waals surface area contributed by atoms with Crippen molar-refractivity contribution in [2.45, 2.75) is 13.5 Å². The monoisotopic (exact) mass is 416 g/mol. The SMILES string of the molecule is CC(=O)N1CCN(c2ccc(C(=O)NCc3ccccc3Cl)cc2[N+](=O)[O-])CC1. The summed E-state index contributed by atoms with van der Waals surface area (Å²) in [5.41, 5.74) is 1.28. The number of nitrogens with one attached hydrogen (secondary N) is 1. The molecular weight excluding hydrogens is 396 g/mol. The molecular formula is C20H21ClN4O4. The molecule has 1 fully saturated rings. The first-order chi connectivity index (χ1) is 13.9. The summed E-state index contributed by atoms with van der Waals surface area (Å²) < 4.78 is 0. The van der Waals surface area contributed by atoms with Gasteiger partial charge < -0.3 is 15.1 Å². The van der Waals surface area contributed by atoms with Crippen LogP contribution in [-0.2, 0) is 11.3 Å². The average Bonchev–Trinajstić information content (AvgIpc) is 2.72. The van der Waals surface area contributed by atoms with Crippen molar-refractivity contribution in [3.05, 3.63) is 68.7 Å². The van der Waals surface area contributed by atoms with Crippen molar-refractivity contribution in [2.75, 3.05) is 31.1 Å². The molecule has 9 heteroatoms. The van der Waals surface area contributed by atoms with Gasteiger partial charge in [-0.25, -0.2) is 0 Å². The number of nitro benzene ring substituents is 1. The number of anilines is 1. The number of carbonyl (C=O) groups excluding carboxylic acids is 2. The summed E-state index contributed by atoms with van der Waals surface area (Å²) in [4.78, 5) is 38.6. The van der Waals surface area contributed by atoms with Gasteiger partial charge >= 0.3 is 0 Å². The van der Waals surface area contributed by atoms with Crippen molar-refractivity contribution in [1.29, 1.82) is 0 Å². The molecule has 1 aliphatic rings. The second-order valence-corrected chi connectivity index (χ2v) is 7.14. The van der Waals surface area contributed by atoms with Gasteiger partial charge in [0.1, 0.15) is 5.69 Å². The summed E-state index contributed by atoms with van der Waals surface area (Å²) in [7, 11) is 0. The van der Waals surface area contributed by atoms with Crippen LogP contribution in [0, 0.1) is 10.1 Å². The van der Waals surface area contributed by atoms with Crippen molar-refractivity contribution >= 4 is 34.8 Å². The van der Waals surface area contributed by atoms with E-state index in [0.29, 0.717) is 36.9 Å². The number of nitrogens with zero attached hydrogens (tertiary/aromatic N) is 3. The molecule has 29 heavy (non-hydrogen) atoms. The maximum absolute atomic E-state index is 12.5. The minimum absolute atomic E-state index is 0.00955. The molecule has 1 N–H and O–H groups in total. The van der Waals surface area contributed by atoms with E-state index >= 15 is 0 Å². The van der Waals surface area contributed by atoms with E-state index in [1.54, 1.807) is 35.2 Å². The second-order valence-electron chi connectivity index (χ2n) is 6.73. The summed E-state index contributed by atoms with van der Waals surface area (Å²) in [6, 6.07) is 11.6. The van der Waals surface area contributed by atoms with E-state index in [2.05, 4.69) is 5.32 Å². The van der Waals surface area contributed by atoms with Gasteiger partial charge in [-0.15, -0.1) is 0 Å². The number of rotatable bonds is 5. The third-order valence-corrected chi connectivity index (χ3v) is 5.27. The third-order valence-electron chi connectivity index (χ3n) is 4.90. The number of halogens is 1. The number of nitro groups is 1. The molecule has 1 heterocycles. The predicted molar refractivity (Wildman–Crippen MR) is 110 cm³/mol. The number of benzene rings is 2. The van der Waals surface area contributed by atoms with Crippen molar-refractivity contribution in [1.82, 2.24) is 10.2 Å². The first-order valence-electron chi connectivity index (χ1n) is 9.17. The van der Waals surface area contributed by atoms with E-state index in [1.807, 2.05) is 11.0 Å². The Balaban J connectivity index is 1.74. The van der Waals surface area contributed by atoms with Crippen molar-refractivity contribution in [3.8, 4) is 0 Å². The Morgan fingerprint density at radius 2 is 1.83 bits per heavy atom. The zero-order chi connectivity index (χ0) is 21.0. The lowest BCUT2D eigenvalue weighted by Gasteiger charge is -2.35. The van der Waals surface area contributed by atoms with E-state index in [9.17, 15) is 19.7 Å². The van der Waals surface area contributed by atoms with E-state index in [-0.39, 0.29) is 23.7 Å². The summed E-state index contributed by atoms with van der Waals surface area (Å²) in [5.74, 6) is -0.425. The number of amides is 2. The summed E-state index contributed by atoms with van der Waals surface area (Å²) >= 11 is 6.09. The lowest BCUT2D eigenvalue weighted by Crippen LogP contribution is -2.48. The van der Waals surface area contributed by atoms with Crippen LogP contribution in [0.15, 0.2) is 42.5 Å². The van der Waals surface area contributed by atoms with Crippen LogP contribution in [0.1, 0.15) is 22.8 Å². The average molecular weight is 417 g/mol. The molecule has 2 aromatic rings. The third kappa shape index (κ3) is 4.83. The molecule has 8 nitrogen and oxygen atoms in total. The van der Waals surface area contributed by atoms with Crippen LogP contribution < -0.4 is 10.2 Å². The normalized spacial score (nSPS) is 13.9. The summed E-state index contributed by atoms with van der Waals surface area (Å²) in [6.45, 7) is 3.74. The van der Waals surface area contributed by atoms with E-state index < -0.39 is 10.8 Å². The van der Waals surface area contributed by atoms with Gasteiger partial charge in [0.25, 0.3) is 11.6 Å². The van der Waals surface area contributed by atoms with Crippen LogP contribution in [0.3, 0.4) is 0 Å². The Hall–Kier alpha value is -3.13. The molecule has 0 saturated carbocycles. The van der Waals surface area contributed by atoms with Gasteiger partial charge in [0.2, 0.25) is 5.91 Å². The van der Waals surface area contributed by atoms with Crippen LogP contribution in [-0.4, -0.2) is 47.8 Å². The van der Waals surface area contributed by atoms with Gasteiger partial charge in [-0.3, -0.25) is 19.7 Å². The number of carbonyl (C=O) groups is 2. The summed E-state index contributed by atoms with van der Waals surface area (Å²) in [5, 5.41) is 14.9. The Kier molecular flexibility index (Phi) is 6.33. The number of hydrogen-bond acceptors (Lipinski definition) is 5. The van der Waals surface area contributed by atoms with Gasteiger partial charge in [0.15, 0.2) is 0 Å². The smallest absolute Gasteiger partial charge is 0.293 e. The highest BCUT2D eigenvalue weighted by Crippen LogP contribution is 2.30. The minimum atomic E-state index is -0.489. The maximum Gasteiger partial charge on any atom is 0.293 e. The molecule has 2 amide bonds. The quantitative estimate of drug-likeness (QED) is 0.597. The van der Waals surface area contributed by atoms with Crippen molar-refractivity contribution < 1.29 is 14.5 Å². The maximum atomic E-state index is 12.5. The molecule has 0 radical (unpaired) electrons. The highest BCUT2D eigenvalue weighted by molar-refractivity contribution is 6.31. The fraction of sp³-hybridized carbons (Fsp3) is 0.300. The summed E-state index contributed by atoms with van der Waals surface area (Å²) in [6.07, 6.45) is 0. The number of piperazine rings is 1. The Bertz CT molecular complexity index is 942. The molecule has 2 aromatic carbocycles. The van der Waals surface area contributed by atoms with E-state index in [4.69, 9.17) is 11.6 Å². The first kappa shape index (κ1) is 20.6. The lowest BCUT2D eigenvalue weighted by molar-refractivity contribution is -0.384. The second kappa shape index (κ2) is 8.91. The van der Waals surface area contributed by atoms with Crippen LogP contribution in [0.25, 0.3) is 0 Å². The Labute approximate surface area is 173 Å². The topological polar surface area (TPSA) is 95.8 Å². The lowest BCUT2D eigenvalue weighted by atomic mass is 10.1. The number of hydrogen-bond donors (Lipinski definition) is 1. The standard InChI is InChI=1S/C20H21ClN4O4/c1-14(26)23-8-10-24(11-9-23)18-7-6-15(12-19(18)25(28)29)20(27)22-13-16-4-2-3-5-17(16)21/h2-7,12H,8-11,13H2,1H3,(H,22,27). The zero-order valence-corrected chi connectivity index (χ0v) is 16.7. The molecule has 0 unspecified atom stereocenters. The van der Waals surface area contributed by atoms with Crippen LogP contribution in [0.2, 0.25) is 5.02 Å². The molecule has 0 aromatic heterocycles. The van der Waals surface area contributed by atoms with Gasteiger partial charge in [-0.05, 0) is 23.8 Å². The molecule has 152 valence electrons. The highest BCUT2D eigenvalue weighted by Gasteiger charge is 2.25. The van der Waals surface area contributed by atoms with Gasteiger partial charge in [-0.1, -0.05) is 29.8 Å². The fourth-order valence-corrected chi connectivity index (χ4v) is 3.46. The molecule has 1 saturated heterocycles. The Morgan fingerprint density at radius 3 is 2.45 bits per heavy atom. The van der Waals surface area contributed by atoms with Crippen molar-refractivity contribution in [3.63, 3.8) is 0 Å². The van der Waals surface area contributed by atoms with Gasteiger partial charge in [-0.2, -0.15) is 0 Å². The van der Waals surface area contributed by atoms with Crippen LogP contribution in [0.4, 0.5) is 11.4 Å². The predicted octanol–water partition coefficient (Wildman–Crippen LogP) is 2.85. The molecule has 0 aliphatic carbocycles. The minimum Gasteiger partial charge on any atom is -0.362 e. The van der Waals surface area contributed by atoms with Crippen LogP contribution >= 0.6 is 11.6 Å². The van der Waals surface area contributed by atoms with E-state index in [1.165, 1.54) is 13.0 Å². The van der Waals surface area contributed by atoms with Gasteiger partial charge in [0.05, 0.1) is 4.92 Å². The fourth-order valence-electron chi connectivity index (χ4n) is 3.26. The largest absolute Gasteiger partial charge is 0.362 e. The molecule has 0 bridgehead atoms. The van der Waals surface area contributed by atoms with Crippen molar-refractivity contribution in [2.24, 2.45) is 0 Å². The van der Waals surface area contributed by atoms with Crippen LogP contribution in [0.5, 0.6) is 0 Å². The molecule has 0 spiro atoms. The highest BCUT2D eigenvalue weighted by atomic mass is 35.5. The Morgan fingerprint density at radius 1 is 1.14 bits per heavy atom. The first-order valence-corrected chi connectivity index (χ1v) is 9.55. The van der Waals surface area contributed by atoms with E-state index in [0.717, 1.165) is 5.56 Å². The zero-order valence-electron chi connectivity index (χ0n) is 15.9.